The monoisotopic (exact) mass is 421 g/mol. The minimum atomic E-state index is -3.83. The summed E-state index contributed by atoms with van der Waals surface area (Å²) in [6.45, 7) is 3.95. The molecule has 0 saturated heterocycles. The van der Waals surface area contributed by atoms with Gasteiger partial charge in [-0.2, -0.15) is 5.10 Å². The normalized spacial score (nSPS) is 11.4. The second kappa shape index (κ2) is 8.09. The molecule has 3 aromatic rings. The van der Waals surface area contributed by atoms with Crippen LogP contribution in [-0.4, -0.2) is 30.2 Å². The van der Waals surface area contributed by atoms with E-state index >= 15 is 0 Å². The summed E-state index contributed by atoms with van der Waals surface area (Å²) in [5.74, 6) is -0.572. The van der Waals surface area contributed by atoms with Crippen molar-refractivity contribution in [2.24, 2.45) is 0 Å². The fourth-order valence-electron chi connectivity index (χ4n) is 2.57. The second-order valence-corrected chi connectivity index (χ2v) is 8.06. The number of hydrogen-bond donors (Lipinski definition) is 2. The van der Waals surface area contributed by atoms with Gasteiger partial charge >= 0.3 is 0 Å². The van der Waals surface area contributed by atoms with E-state index < -0.39 is 15.8 Å². The standard InChI is InChI=1S/C18H17ClFN5O2S/c1-12(8-13-4-3-7-22-18(13)19)24-15-5-6-16(25-11-14(20)10-23-25)17(9-15)28(26,27)21-2/h3-7,9-11,21,24H,1,8H2,2H3. The lowest BCUT2D eigenvalue weighted by Gasteiger charge is -2.14. The van der Waals surface area contributed by atoms with E-state index in [0.29, 0.717) is 23.0 Å². The molecule has 0 bridgehead atoms. The van der Waals surface area contributed by atoms with Crippen molar-refractivity contribution in [3.8, 4) is 5.69 Å². The third-order valence-corrected chi connectivity index (χ3v) is 5.66. The molecule has 1 aromatic carbocycles. The molecule has 10 heteroatoms. The van der Waals surface area contributed by atoms with E-state index in [1.165, 1.54) is 19.2 Å². The first-order valence-electron chi connectivity index (χ1n) is 8.12. The average molecular weight is 422 g/mol. The van der Waals surface area contributed by atoms with Crippen molar-refractivity contribution < 1.29 is 12.8 Å². The Balaban J connectivity index is 1.91. The predicted molar refractivity (Wildman–Crippen MR) is 105 cm³/mol. The molecule has 28 heavy (non-hydrogen) atoms. The van der Waals surface area contributed by atoms with Gasteiger partial charge < -0.3 is 5.32 Å². The van der Waals surface area contributed by atoms with E-state index in [2.05, 4.69) is 26.7 Å². The molecule has 0 amide bonds. The fraction of sp³-hybridized carbons (Fsp3) is 0.111. The number of nitrogens with zero attached hydrogens (tertiary/aromatic N) is 3. The van der Waals surface area contributed by atoms with Gasteiger partial charge in [-0.1, -0.05) is 24.2 Å². The number of nitrogens with one attached hydrogen (secondary N) is 2. The van der Waals surface area contributed by atoms with Crippen LogP contribution < -0.4 is 10.0 Å². The maximum atomic E-state index is 13.3. The number of halogens is 2. The van der Waals surface area contributed by atoms with Crippen LogP contribution in [-0.2, 0) is 16.4 Å². The highest BCUT2D eigenvalue weighted by molar-refractivity contribution is 7.89. The van der Waals surface area contributed by atoms with Crippen LogP contribution >= 0.6 is 11.6 Å². The van der Waals surface area contributed by atoms with E-state index in [-0.39, 0.29) is 10.6 Å². The molecule has 0 spiro atoms. The Morgan fingerprint density at radius 1 is 1.36 bits per heavy atom. The van der Waals surface area contributed by atoms with Crippen molar-refractivity contribution in [2.45, 2.75) is 11.3 Å². The highest BCUT2D eigenvalue weighted by Crippen LogP contribution is 2.25. The Kier molecular flexibility index (Phi) is 5.78. The van der Waals surface area contributed by atoms with E-state index in [1.54, 1.807) is 18.3 Å². The van der Waals surface area contributed by atoms with Gasteiger partial charge in [-0.3, -0.25) is 0 Å². The van der Waals surface area contributed by atoms with E-state index in [0.717, 1.165) is 22.6 Å². The van der Waals surface area contributed by atoms with Crippen LogP contribution in [0.1, 0.15) is 5.56 Å². The van der Waals surface area contributed by atoms with Gasteiger partial charge in [-0.25, -0.2) is 27.2 Å². The highest BCUT2D eigenvalue weighted by Gasteiger charge is 2.20. The number of benzene rings is 1. The van der Waals surface area contributed by atoms with Crippen molar-refractivity contribution in [2.75, 3.05) is 12.4 Å². The SMILES string of the molecule is C=C(Cc1cccnc1Cl)Nc1ccc(-n2cc(F)cn2)c(S(=O)(=O)NC)c1. The van der Waals surface area contributed by atoms with Crippen molar-refractivity contribution in [3.63, 3.8) is 0 Å². The molecule has 0 aliphatic heterocycles. The molecule has 0 aliphatic rings. The number of sulfonamides is 1. The second-order valence-electron chi connectivity index (χ2n) is 5.85. The van der Waals surface area contributed by atoms with E-state index in [4.69, 9.17) is 11.6 Å². The Labute approximate surface area is 166 Å². The number of aromatic nitrogens is 3. The summed E-state index contributed by atoms with van der Waals surface area (Å²) in [6.07, 6.45) is 4.10. The lowest BCUT2D eigenvalue weighted by atomic mass is 10.1. The average Bonchev–Trinajstić information content (AvgIpc) is 3.10. The zero-order valence-corrected chi connectivity index (χ0v) is 16.4. The molecule has 0 unspecified atom stereocenters. The van der Waals surface area contributed by atoms with E-state index in [9.17, 15) is 12.8 Å². The lowest BCUT2D eigenvalue weighted by molar-refractivity contribution is 0.587. The van der Waals surface area contributed by atoms with Crippen LogP contribution in [0.5, 0.6) is 0 Å². The van der Waals surface area contributed by atoms with Crippen molar-refractivity contribution in [1.82, 2.24) is 19.5 Å². The van der Waals surface area contributed by atoms with Gasteiger partial charge in [0, 0.05) is 24.0 Å². The minimum Gasteiger partial charge on any atom is -0.359 e. The van der Waals surface area contributed by atoms with Crippen LogP contribution in [0.15, 0.2) is 66.1 Å². The Hall–Kier alpha value is -2.75. The number of pyridine rings is 1. The zero-order valence-electron chi connectivity index (χ0n) is 14.9. The largest absolute Gasteiger partial charge is 0.359 e. The molecule has 2 heterocycles. The number of allylic oxidation sites excluding steroid dienone is 1. The van der Waals surface area contributed by atoms with Crippen LogP contribution in [0, 0.1) is 5.82 Å². The van der Waals surface area contributed by atoms with Gasteiger partial charge in [0.2, 0.25) is 10.0 Å². The van der Waals surface area contributed by atoms with Crippen molar-refractivity contribution in [1.29, 1.82) is 0 Å². The quantitative estimate of drug-likeness (QED) is 0.572. The molecular weight excluding hydrogens is 405 g/mol. The van der Waals surface area contributed by atoms with Gasteiger partial charge in [-0.15, -0.1) is 0 Å². The molecule has 3 rings (SSSR count). The van der Waals surface area contributed by atoms with Crippen LogP contribution in [0.4, 0.5) is 10.1 Å². The topological polar surface area (TPSA) is 88.9 Å². The summed E-state index contributed by atoms with van der Waals surface area (Å²) in [5, 5.41) is 7.28. The number of hydrogen-bond acceptors (Lipinski definition) is 5. The molecule has 2 aromatic heterocycles. The third kappa shape index (κ3) is 4.38. The molecule has 146 valence electrons. The molecule has 0 aliphatic carbocycles. The summed E-state index contributed by atoms with van der Waals surface area (Å²) in [4.78, 5) is 3.95. The van der Waals surface area contributed by atoms with Gasteiger partial charge in [0.05, 0.1) is 18.1 Å². The van der Waals surface area contributed by atoms with Gasteiger partial charge in [0.1, 0.15) is 10.0 Å². The molecule has 0 radical (unpaired) electrons. The summed E-state index contributed by atoms with van der Waals surface area (Å²) in [6, 6.07) is 8.21. The molecule has 0 fully saturated rings. The highest BCUT2D eigenvalue weighted by atomic mass is 35.5. The van der Waals surface area contributed by atoms with Crippen LogP contribution in [0.25, 0.3) is 5.69 Å². The van der Waals surface area contributed by atoms with Gasteiger partial charge in [0.15, 0.2) is 5.82 Å². The summed E-state index contributed by atoms with van der Waals surface area (Å²) < 4.78 is 41.7. The molecule has 7 nitrogen and oxygen atoms in total. The van der Waals surface area contributed by atoms with Crippen LogP contribution in [0.3, 0.4) is 0 Å². The third-order valence-electron chi connectivity index (χ3n) is 3.88. The maximum absolute atomic E-state index is 13.3. The molecule has 2 N–H and O–H groups in total. The summed E-state index contributed by atoms with van der Waals surface area (Å²) in [7, 11) is -2.53. The van der Waals surface area contributed by atoms with Gasteiger partial charge in [-0.05, 0) is 36.9 Å². The van der Waals surface area contributed by atoms with Crippen molar-refractivity contribution in [3.05, 3.63) is 77.7 Å². The summed E-state index contributed by atoms with van der Waals surface area (Å²) in [5.41, 5.74) is 2.09. The molecule has 0 atom stereocenters. The van der Waals surface area contributed by atoms with E-state index in [1.807, 2.05) is 6.07 Å². The molecular formula is C18H17ClFN5O2S. The predicted octanol–water partition coefficient (Wildman–Crippen LogP) is 3.14. The molecule has 0 saturated carbocycles. The number of anilines is 1. The minimum absolute atomic E-state index is 0.0599. The van der Waals surface area contributed by atoms with Crippen molar-refractivity contribution >= 4 is 27.3 Å². The Bertz CT molecular complexity index is 1130. The maximum Gasteiger partial charge on any atom is 0.242 e. The zero-order chi connectivity index (χ0) is 20.3. The van der Waals surface area contributed by atoms with Gasteiger partial charge in [0.25, 0.3) is 0 Å². The summed E-state index contributed by atoms with van der Waals surface area (Å²) >= 11 is 6.06. The Morgan fingerprint density at radius 3 is 2.79 bits per heavy atom. The first-order chi connectivity index (χ1) is 13.3. The Morgan fingerprint density at radius 2 is 2.14 bits per heavy atom. The first kappa shape index (κ1) is 20.0. The first-order valence-corrected chi connectivity index (χ1v) is 9.98. The number of rotatable bonds is 7. The fourth-order valence-corrected chi connectivity index (χ4v) is 3.69. The lowest BCUT2D eigenvalue weighted by Crippen LogP contribution is -2.21. The smallest absolute Gasteiger partial charge is 0.242 e. The van der Waals surface area contributed by atoms with Crippen LogP contribution in [0.2, 0.25) is 5.15 Å².